The van der Waals surface area contributed by atoms with Gasteiger partial charge < -0.3 is 10.7 Å². The Labute approximate surface area is 214 Å². The van der Waals surface area contributed by atoms with Crippen LogP contribution in [0.15, 0.2) is 53.7 Å². The zero-order chi connectivity index (χ0) is 25.8. The summed E-state index contributed by atoms with van der Waals surface area (Å²) in [5.74, 6) is 0.184. The molecule has 0 bridgehead atoms. The van der Waals surface area contributed by atoms with E-state index < -0.39 is 6.55 Å². The Morgan fingerprint density at radius 2 is 1.94 bits per heavy atom. The quantitative estimate of drug-likeness (QED) is 0.252. The van der Waals surface area contributed by atoms with Gasteiger partial charge in [0.1, 0.15) is 5.82 Å². The smallest absolute Gasteiger partial charge is 0.333 e. The number of rotatable bonds is 9. The zero-order valence-electron chi connectivity index (χ0n) is 20.6. The summed E-state index contributed by atoms with van der Waals surface area (Å²) < 4.78 is 42.1. The molecule has 4 rings (SSSR count). The van der Waals surface area contributed by atoms with Crippen LogP contribution in [-0.2, 0) is 0 Å². The maximum absolute atomic E-state index is 13.3. The van der Waals surface area contributed by atoms with Crippen LogP contribution in [0.25, 0.3) is 0 Å². The number of halogens is 3. The largest absolute Gasteiger partial charge is 0.355 e. The van der Waals surface area contributed by atoms with Crippen LogP contribution in [0.2, 0.25) is 0 Å². The highest BCUT2D eigenvalue weighted by molar-refractivity contribution is 7.97. The third-order valence-corrected chi connectivity index (χ3v) is 7.15. The van der Waals surface area contributed by atoms with E-state index in [4.69, 9.17) is 5.41 Å². The lowest BCUT2D eigenvalue weighted by Gasteiger charge is -2.42. The van der Waals surface area contributed by atoms with Gasteiger partial charge >= 0.3 is 6.55 Å². The molecule has 0 amide bonds. The molecule has 36 heavy (non-hydrogen) atoms. The number of hydrogen-bond donors (Lipinski definition) is 2. The van der Waals surface area contributed by atoms with Crippen molar-refractivity contribution in [1.82, 2.24) is 19.0 Å². The van der Waals surface area contributed by atoms with Gasteiger partial charge in [0.2, 0.25) is 0 Å². The van der Waals surface area contributed by atoms with Crippen molar-refractivity contribution < 1.29 is 13.2 Å². The Morgan fingerprint density at radius 3 is 2.58 bits per heavy atom. The number of nitrogens with one attached hydrogen (secondary N) is 2. The molecule has 2 N–H and O–H groups in total. The molecule has 6 nitrogen and oxygen atoms in total. The van der Waals surface area contributed by atoms with Gasteiger partial charge in [-0.15, -0.1) is 0 Å². The van der Waals surface area contributed by atoms with Crippen molar-refractivity contribution in [1.29, 1.82) is 5.41 Å². The van der Waals surface area contributed by atoms with Gasteiger partial charge in [0.05, 0.1) is 11.1 Å². The molecule has 10 heteroatoms. The second kappa shape index (κ2) is 11.5. The number of alkyl halides is 2. The molecule has 0 radical (unpaired) electrons. The Hall–Kier alpha value is -2.82. The minimum atomic E-state index is -2.65. The van der Waals surface area contributed by atoms with Crippen molar-refractivity contribution in [2.24, 2.45) is 5.92 Å². The van der Waals surface area contributed by atoms with Gasteiger partial charge in [0.25, 0.3) is 0 Å². The predicted octanol–water partition coefficient (Wildman–Crippen LogP) is 6.49. The van der Waals surface area contributed by atoms with E-state index in [1.165, 1.54) is 42.7 Å². The molecule has 3 aromatic rings. The number of nitrogens with zero attached hydrogens (tertiary/aromatic N) is 4. The van der Waals surface area contributed by atoms with Crippen LogP contribution in [0.4, 0.5) is 24.5 Å². The highest BCUT2D eigenvalue weighted by Gasteiger charge is 2.31. The second-order valence-electron chi connectivity index (χ2n) is 9.39. The van der Waals surface area contributed by atoms with Crippen LogP contribution in [0.3, 0.4) is 0 Å². The molecule has 1 atom stereocenters. The van der Waals surface area contributed by atoms with E-state index in [1.54, 1.807) is 12.1 Å². The summed E-state index contributed by atoms with van der Waals surface area (Å²) in [4.78, 5) is 3.15. The second-order valence-corrected chi connectivity index (χ2v) is 10.6. The molecule has 2 heterocycles. The highest BCUT2D eigenvalue weighted by atomic mass is 32.2. The molecule has 1 unspecified atom stereocenters. The summed E-state index contributed by atoms with van der Waals surface area (Å²) in [7, 11) is 0. The van der Waals surface area contributed by atoms with Gasteiger partial charge in [0.15, 0.2) is 0 Å². The Morgan fingerprint density at radius 1 is 1.19 bits per heavy atom. The highest BCUT2D eigenvalue weighted by Crippen LogP contribution is 2.36. The van der Waals surface area contributed by atoms with Crippen molar-refractivity contribution in [2.75, 3.05) is 31.5 Å². The summed E-state index contributed by atoms with van der Waals surface area (Å²) in [6.07, 6.45) is 4.18. The van der Waals surface area contributed by atoms with Gasteiger partial charge in [-0.1, -0.05) is 13.8 Å². The van der Waals surface area contributed by atoms with Crippen LogP contribution < -0.4 is 5.32 Å². The van der Waals surface area contributed by atoms with Crippen molar-refractivity contribution >= 4 is 29.5 Å². The van der Waals surface area contributed by atoms with Crippen LogP contribution >= 0.6 is 11.9 Å². The van der Waals surface area contributed by atoms with Crippen molar-refractivity contribution in [3.63, 3.8) is 0 Å². The Bertz CT molecular complexity index is 1180. The standard InChI is InChI=1S/C26H31F3N6S/c1-17(2)14-33-8-9-34(36-22-13-31-35(15-22)26(28)29)16-25(33)23-11-19(12-30)24(10-18(23)3)32-21-6-4-20(27)5-7-21/h4-7,10-13,15,17,25-26,30,32H,8-9,14,16H2,1-3H3. The molecule has 0 spiro atoms. The van der Waals surface area contributed by atoms with Crippen LogP contribution in [0.5, 0.6) is 0 Å². The van der Waals surface area contributed by atoms with Crippen molar-refractivity contribution in [3.8, 4) is 0 Å². The molecule has 1 saturated heterocycles. The Balaban J connectivity index is 1.60. The van der Waals surface area contributed by atoms with E-state index in [0.29, 0.717) is 22.0 Å². The first-order valence-electron chi connectivity index (χ1n) is 11.9. The van der Waals surface area contributed by atoms with E-state index >= 15 is 0 Å². The average Bonchev–Trinajstić information content (AvgIpc) is 3.30. The molecule has 2 aromatic carbocycles. The summed E-state index contributed by atoms with van der Waals surface area (Å²) in [6.45, 7) is 7.08. The third-order valence-electron chi connectivity index (χ3n) is 6.14. The van der Waals surface area contributed by atoms with Crippen LogP contribution in [-0.4, -0.2) is 51.4 Å². The van der Waals surface area contributed by atoms with Gasteiger partial charge in [0, 0.05) is 61.6 Å². The van der Waals surface area contributed by atoms with E-state index in [-0.39, 0.29) is 11.9 Å². The Kier molecular flexibility index (Phi) is 8.38. The lowest BCUT2D eigenvalue weighted by molar-refractivity contribution is 0.0563. The normalized spacial score (nSPS) is 17.2. The number of benzene rings is 2. The first-order valence-corrected chi connectivity index (χ1v) is 12.7. The number of anilines is 2. The summed E-state index contributed by atoms with van der Waals surface area (Å²) in [6, 6.07) is 10.3. The molecular formula is C26H31F3N6S. The lowest BCUT2D eigenvalue weighted by atomic mass is 9.94. The first-order chi connectivity index (χ1) is 17.2. The maximum Gasteiger partial charge on any atom is 0.333 e. The minimum Gasteiger partial charge on any atom is -0.355 e. The lowest BCUT2D eigenvalue weighted by Crippen LogP contribution is -2.47. The maximum atomic E-state index is 13.3. The molecule has 1 aromatic heterocycles. The van der Waals surface area contributed by atoms with Crippen molar-refractivity contribution in [2.45, 2.75) is 38.3 Å². The fraction of sp³-hybridized carbons (Fsp3) is 0.385. The van der Waals surface area contributed by atoms with Crippen LogP contribution in [0, 0.1) is 24.1 Å². The number of piperazine rings is 1. The molecule has 1 aliphatic rings. The molecule has 1 aliphatic heterocycles. The van der Waals surface area contributed by atoms with Crippen molar-refractivity contribution in [3.05, 3.63) is 71.3 Å². The third kappa shape index (κ3) is 6.29. The van der Waals surface area contributed by atoms with E-state index in [0.717, 1.165) is 47.7 Å². The topological polar surface area (TPSA) is 60.2 Å². The molecule has 0 aliphatic carbocycles. The predicted molar refractivity (Wildman–Crippen MR) is 139 cm³/mol. The number of hydrogen-bond acceptors (Lipinski definition) is 6. The summed E-state index contributed by atoms with van der Waals surface area (Å²) in [5.41, 5.74) is 4.49. The van der Waals surface area contributed by atoms with Gasteiger partial charge in [-0.25, -0.2) is 13.4 Å². The fourth-order valence-electron chi connectivity index (χ4n) is 4.50. The molecule has 0 saturated carbocycles. The monoisotopic (exact) mass is 516 g/mol. The van der Waals surface area contributed by atoms with Gasteiger partial charge in [-0.05, 0) is 72.3 Å². The van der Waals surface area contributed by atoms with E-state index in [9.17, 15) is 13.2 Å². The number of aryl methyl sites for hydroxylation is 1. The minimum absolute atomic E-state index is 0.0809. The van der Waals surface area contributed by atoms with Gasteiger partial charge in [-0.3, -0.25) is 4.90 Å². The summed E-state index contributed by atoms with van der Waals surface area (Å²) >= 11 is 1.45. The van der Waals surface area contributed by atoms with Gasteiger partial charge in [-0.2, -0.15) is 13.9 Å². The summed E-state index contributed by atoms with van der Waals surface area (Å²) in [5, 5.41) is 15.1. The number of aromatic nitrogens is 2. The first kappa shape index (κ1) is 26.2. The average molecular weight is 517 g/mol. The fourth-order valence-corrected chi connectivity index (χ4v) is 5.44. The molecular weight excluding hydrogens is 485 g/mol. The van der Waals surface area contributed by atoms with E-state index in [1.807, 2.05) is 6.07 Å². The zero-order valence-corrected chi connectivity index (χ0v) is 21.4. The molecule has 1 fully saturated rings. The van der Waals surface area contributed by atoms with Crippen LogP contribution in [0.1, 0.15) is 43.1 Å². The van der Waals surface area contributed by atoms with E-state index in [2.05, 4.69) is 46.5 Å². The SMILES string of the molecule is Cc1cc(Nc2ccc(F)cc2)c(C=N)cc1C1CN(Sc2cnn(C(F)F)c2)CCN1CC(C)C. The molecule has 192 valence electrons.